The number of piperidine rings is 1. The number of thiophene rings is 1. The predicted octanol–water partition coefficient (Wildman–Crippen LogP) is 3.82. The van der Waals surface area contributed by atoms with E-state index in [1.54, 1.807) is 6.07 Å². The molecule has 1 fully saturated rings. The monoisotopic (exact) mass is 434 g/mol. The van der Waals surface area contributed by atoms with E-state index in [9.17, 15) is 13.2 Å². The van der Waals surface area contributed by atoms with Gasteiger partial charge in [0.15, 0.2) is 0 Å². The molecule has 0 saturated carbocycles. The largest absolute Gasteiger partial charge is 0.353 e. The third-order valence-electron chi connectivity index (χ3n) is 5.48. The SMILES string of the molecule is Cc1ccc(CC(C)NC(=O)C2CCCN(S(=O)(=O)c3ccc(C)s3)C2)c(C)c1. The summed E-state index contributed by atoms with van der Waals surface area (Å²) in [7, 11) is -3.52. The highest BCUT2D eigenvalue weighted by atomic mass is 32.2. The summed E-state index contributed by atoms with van der Waals surface area (Å²) in [6.45, 7) is 8.79. The van der Waals surface area contributed by atoms with E-state index >= 15 is 0 Å². The van der Waals surface area contributed by atoms with Crippen LogP contribution in [0.5, 0.6) is 0 Å². The molecule has 0 spiro atoms. The van der Waals surface area contributed by atoms with Gasteiger partial charge in [0.2, 0.25) is 5.91 Å². The molecule has 2 unspecified atom stereocenters. The van der Waals surface area contributed by atoms with Crippen LogP contribution in [-0.4, -0.2) is 37.8 Å². The van der Waals surface area contributed by atoms with Crippen molar-refractivity contribution in [2.75, 3.05) is 13.1 Å². The molecule has 7 heteroatoms. The van der Waals surface area contributed by atoms with E-state index in [2.05, 4.69) is 37.4 Å². The van der Waals surface area contributed by atoms with Gasteiger partial charge in [0, 0.05) is 24.0 Å². The highest BCUT2D eigenvalue weighted by molar-refractivity contribution is 7.91. The van der Waals surface area contributed by atoms with Gasteiger partial charge in [-0.25, -0.2) is 8.42 Å². The van der Waals surface area contributed by atoms with Crippen LogP contribution in [0, 0.1) is 26.7 Å². The molecule has 3 rings (SSSR count). The van der Waals surface area contributed by atoms with Gasteiger partial charge in [-0.1, -0.05) is 23.8 Å². The van der Waals surface area contributed by atoms with Gasteiger partial charge in [-0.2, -0.15) is 4.31 Å². The van der Waals surface area contributed by atoms with Crippen molar-refractivity contribution in [1.29, 1.82) is 0 Å². The zero-order valence-electron chi connectivity index (χ0n) is 17.6. The van der Waals surface area contributed by atoms with Crippen molar-refractivity contribution < 1.29 is 13.2 Å². The number of nitrogens with one attached hydrogen (secondary N) is 1. The summed E-state index contributed by atoms with van der Waals surface area (Å²) >= 11 is 1.28. The standard InChI is InChI=1S/C22H30N2O3S2/c1-15-7-9-19(16(2)12-15)13-17(3)23-22(25)20-6-5-11-24(14-20)29(26,27)21-10-8-18(4)28-21/h7-10,12,17,20H,5-6,11,13-14H2,1-4H3,(H,23,25). The maximum absolute atomic E-state index is 12.9. The van der Waals surface area contributed by atoms with Crippen molar-refractivity contribution >= 4 is 27.3 Å². The van der Waals surface area contributed by atoms with Crippen LogP contribution < -0.4 is 5.32 Å². The molecule has 0 bridgehead atoms. The van der Waals surface area contributed by atoms with Crippen LogP contribution in [-0.2, 0) is 21.2 Å². The highest BCUT2D eigenvalue weighted by Gasteiger charge is 2.34. The Morgan fingerprint density at radius 3 is 2.66 bits per heavy atom. The maximum Gasteiger partial charge on any atom is 0.252 e. The quantitative estimate of drug-likeness (QED) is 0.752. The Bertz CT molecular complexity index is 982. The van der Waals surface area contributed by atoms with Crippen molar-refractivity contribution in [2.45, 2.75) is 57.2 Å². The summed E-state index contributed by atoms with van der Waals surface area (Å²) in [5, 5.41) is 3.10. The Labute approximate surface area is 178 Å². The predicted molar refractivity (Wildman–Crippen MR) is 118 cm³/mol. The Morgan fingerprint density at radius 2 is 2.00 bits per heavy atom. The Morgan fingerprint density at radius 1 is 1.24 bits per heavy atom. The molecule has 1 saturated heterocycles. The molecule has 0 aliphatic carbocycles. The van der Waals surface area contributed by atoms with E-state index in [1.165, 1.54) is 32.3 Å². The smallest absolute Gasteiger partial charge is 0.252 e. The molecule has 5 nitrogen and oxygen atoms in total. The van der Waals surface area contributed by atoms with Crippen LogP contribution in [0.1, 0.15) is 41.3 Å². The summed E-state index contributed by atoms with van der Waals surface area (Å²) in [6, 6.07) is 9.83. The van der Waals surface area contributed by atoms with E-state index in [0.29, 0.717) is 17.2 Å². The normalized spacial score (nSPS) is 19.1. The van der Waals surface area contributed by atoms with Crippen LogP contribution in [0.15, 0.2) is 34.5 Å². The topological polar surface area (TPSA) is 66.5 Å². The molecule has 0 radical (unpaired) electrons. The van der Waals surface area contributed by atoms with Crippen molar-refractivity contribution in [3.8, 4) is 0 Å². The lowest BCUT2D eigenvalue weighted by Crippen LogP contribution is -2.47. The summed E-state index contributed by atoms with van der Waals surface area (Å²) in [5.74, 6) is -0.356. The molecule has 2 aromatic rings. The Hall–Kier alpha value is -1.70. The van der Waals surface area contributed by atoms with E-state index in [0.717, 1.165) is 17.7 Å². The third kappa shape index (κ3) is 5.27. The number of hydrogen-bond acceptors (Lipinski definition) is 4. The highest BCUT2D eigenvalue weighted by Crippen LogP contribution is 2.28. The van der Waals surface area contributed by atoms with Crippen molar-refractivity contribution in [3.05, 3.63) is 51.9 Å². The van der Waals surface area contributed by atoms with Gasteiger partial charge < -0.3 is 5.32 Å². The van der Waals surface area contributed by atoms with E-state index < -0.39 is 10.0 Å². The summed E-state index contributed by atoms with van der Waals surface area (Å²) in [4.78, 5) is 13.8. The number of amides is 1. The second kappa shape index (κ2) is 8.98. The molecule has 2 heterocycles. The second-order valence-corrected chi connectivity index (χ2v) is 11.6. The lowest BCUT2D eigenvalue weighted by atomic mass is 9.97. The fourth-order valence-corrected chi connectivity index (χ4v) is 6.83. The third-order valence-corrected chi connectivity index (χ3v) is 8.81. The van der Waals surface area contributed by atoms with Crippen LogP contribution in [0.2, 0.25) is 0 Å². The maximum atomic E-state index is 12.9. The lowest BCUT2D eigenvalue weighted by molar-refractivity contribution is -0.126. The molecule has 1 N–H and O–H groups in total. The first-order chi connectivity index (χ1) is 13.7. The van der Waals surface area contributed by atoms with Crippen LogP contribution >= 0.6 is 11.3 Å². The molecule has 2 atom stereocenters. The summed E-state index contributed by atoms with van der Waals surface area (Å²) in [6.07, 6.45) is 2.19. The van der Waals surface area contributed by atoms with Crippen LogP contribution in [0.4, 0.5) is 0 Å². The number of hydrogen-bond donors (Lipinski definition) is 1. The Kier molecular flexibility index (Phi) is 6.81. The number of carbonyl (C=O) groups is 1. The minimum atomic E-state index is -3.52. The zero-order valence-corrected chi connectivity index (χ0v) is 19.2. The number of nitrogens with zero attached hydrogens (tertiary/aromatic N) is 1. The second-order valence-electron chi connectivity index (χ2n) is 8.11. The summed E-state index contributed by atoms with van der Waals surface area (Å²) < 4.78 is 27.6. The van der Waals surface area contributed by atoms with Crippen molar-refractivity contribution in [2.24, 2.45) is 5.92 Å². The number of rotatable bonds is 6. The first kappa shape index (κ1) is 22.0. The molecule has 1 amide bonds. The Balaban J connectivity index is 1.62. The fourth-order valence-electron chi connectivity index (χ4n) is 3.87. The minimum absolute atomic E-state index is 0.00386. The van der Waals surface area contributed by atoms with Gasteiger partial charge in [-0.05, 0) is 70.2 Å². The average Bonchev–Trinajstić information content (AvgIpc) is 3.11. The molecule has 1 aliphatic heterocycles. The summed E-state index contributed by atoms with van der Waals surface area (Å²) in [5.41, 5.74) is 3.68. The molecule has 1 aromatic heterocycles. The number of carbonyl (C=O) groups excluding carboxylic acids is 1. The average molecular weight is 435 g/mol. The van der Waals surface area contributed by atoms with E-state index in [-0.39, 0.29) is 24.4 Å². The van der Waals surface area contributed by atoms with Gasteiger partial charge in [0.1, 0.15) is 4.21 Å². The van der Waals surface area contributed by atoms with E-state index in [4.69, 9.17) is 0 Å². The van der Waals surface area contributed by atoms with Crippen LogP contribution in [0.3, 0.4) is 0 Å². The molecule has 29 heavy (non-hydrogen) atoms. The van der Waals surface area contributed by atoms with Gasteiger partial charge in [-0.15, -0.1) is 11.3 Å². The number of benzene rings is 1. The van der Waals surface area contributed by atoms with Gasteiger partial charge in [0.25, 0.3) is 10.0 Å². The van der Waals surface area contributed by atoms with E-state index in [1.807, 2.05) is 19.9 Å². The van der Waals surface area contributed by atoms with Gasteiger partial charge in [0.05, 0.1) is 5.92 Å². The lowest BCUT2D eigenvalue weighted by Gasteiger charge is -2.31. The van der Waals surface area contributed by atoms with Crippen molar-refractivity contribution in [1.82, 2.24) is 9.62 Å². The fraction of sp³-hybridized carbons (Fsp3) is 0.500. The molecular formula is C22H30N2O3S2. The first-order valence-corrected chi connectivity index (χ1v) is 12.4. The number of aryl methyl sites for hydroxylation is 3. The van der Waals surface area contributed by atoms with Crippen molar-refractivity contribution in [3.63, 3.8) is 0 Å². The number of sulfonamides is 1. The van der Waals surface area contributed by atoms with Crippen LogP contribution in [0.25, 0.3) is 0 Å². The minimum Gasteiger partial charge on any atom is -0.353 e. The molecule has 1 aromatic carbocycles. The molecule has 158 valence electrons. The van der Waals surface area contributed by atoms with Gasteiger partial charge in [-0.3, -0.25) is 4.79 Å². The molecule has 1 aliphatic rings. The van der Waals surface area contributed by atoms with Gasteiger partial charge >= 0.3 is 0 Å². The first-order valence-electron chi connectivity index (χ1n) is 10.1. The molecular weight excluding hydrogens is 404 g/mol. The zero-order chi connectivity index (χ0) is 21.2.